The van der Waals surface area contributed by atoms with Gasteiger partial charge in [0.15, 0.2) is 15.7 Å². The van der Waals surface area contributed by atoms with Crippen LogP contribution in [0.4, 0.5) is 0 Å². The fourth-order valence-corrected chi connectivity index (χ4v) is 6.21. The number of fused-ring (bicyclic) bond motifs is 2. The van der Waals surface area contributed by atoms with Gasteiger partial charge in [0.1, 0.15) is 0 Å². The number of pyridine rings is 1. The molecular weight excluding hydrogens is 328 g/mol. The molecule has 7 nitrogen and oxygen atoms in total. The van der Waals surface area contributed by atoms with Gasteiger partial charge in [-0.15, -0.1) is 0 Å². The quantitative estimate of drug-likeness (QED) is 0.898. The summed E-state index contributed by atoms with van der Waals surface area (Å²) in [6.07, 6.45) is 7.40. The van der Waals surface area contributed by atoms with Crippen LogP contribution in [0.25, 0.3) is 5.82 Å². The molecule has 0 saturated carbocycles. The molecule has 8 heteroatoms. The number of nitrogens with zero attached hydrogens (tertiary/aromatic N) is 3. The third-order valence-corrected chi connectivity index (χ3v) is 7.64. The van der Waals surface area contributed by atoms with E-state index in [4.69, 9.17) is 0 Å². The van der Waals surface area contributed by atoms with Crippen LogP contribution >= 0.6 is 0 Å². The maximum absolute atomic E-state index is 12.7. The lowest BCUT2D eigenvalue weighted by molar-refractivity contribution is 0.0932. The maximum Gasteiger partial charge on any atom is 0.255 e. The number of carbonyl (C=O) groups is 1. The van der Waals surface area contributed by atoms with E-state index in [-0.39, 0.29) is 22.4 Å². The average Bonchev–Trinajstić information content (AvgIpc) is 3.11. The lowest BCUT2D eigenvalue weighted by Crippen LogP contribution is -2.45. The van der Waals surface area contributed by atoms with E-state index in [0.717, 1.165) is 0 Å². The summed E-state index contributed by atoms with van der Waals surface area (Å²) in [6.45, 7) is 0. The number of sulfone groups is 1. The van der Waals surface area contributed by atoms with Crippen LogP contribution in [0.2, 0.25) is 0 Å². The highest BCUT2D eigenvalue weighted by atomic mass is 32.2. The van der Waals surface area contributed by atoms with Crippen LogP contribution < -0.4 is 5.32 Å². The summed E-state index contributed by atoms with van der Waals surface area (Å²) in [5, 5.41) is 6.51. The minimum atomic E-state index is -2.98. The maximum atomic E-state index is 12.7. The second-order valence-corrected chi connectivity index (χ2v) is 8.89. The van der Waals surface area contributed by atoms with Crippen molar-refractivity contribution in [2.75, 3.05) is 0 Å². The van der Waals surface area contributed by atoms with Crippen LogP contribution in [-0.4, -0.2) is 45.6 Å². The van der Waals surface area contributed by atoms with Crippen LogP contribution in [0.3, 0.4) is 0 Å². The van der Waals surface area contributed by atoms with Gasteiger partial charge in [0.05, 0.1) is 16.1 Å². The van der Waals surface area contributed by atoms with Gasteiger partial charge in [-0.2, -0.15) is 5.10 Å². The molecule has 1 N–H and O–H groups in total. The van der Waals surface area contributed by atoms with Gasteiger partial charge < -0.3 is 5.32 Å². The highest BCUT2D eigenvalue weighted by Gasteiger charge is 2.47. The summed E-state index contributed by atoms with van der Waals surface area (Å²) in [7, 11) is -2.98. The van der Waals surface area contributed by atoms with Crippen molar-refractivity contribution in [3.63, 3.8) is 0 Å². The van der Waals surface area contributed by atoms with Gasteiger partial charge in [-0.05, 0) is 43.9 Å². The number of carbonyl (C=O) groups excluding carboxylic acids is 1. The zero-order valence-electron chi connectivity index (χ0n) is 13.0. The first-order valence-electron chi connectivity index (χ1n) is 8.04. The average molecular weight is 346 g/mol. The summed E-state index contributed by atoms with van der Waals surface area (Å²) in [5.74, 6) is 0.226. The van der Waals surface area contributed by atoms with Crippen LogP contribution in [0.15, 0.2) is 36.8 Å². The van der Waals surface area contributed by atoms with E-state index in [1.807, 2.05) is 0 Å². The Morgan fingerprint density at radius 2 is 1.92 bits per heavy atom. The molecule has 4 rings (SSSR count). The fraction of sp³-hybridized carbons (Fsp3) is 0.438. The predicted octanol–water partition coefficient (Wildman–Crippen LogP) is 1.11. The van der Waals surface area contributed by atoms with Gasteiger partial charge in [0.25, 0.3) is 5.91 Å². The summed E-state index contributed by atoms with van der Waals surface area (Å²) in [4.78, 5) is 16.9. The van der Waals surface area contributed by atoms with Gasteiger partial charge in [-0.25, -0.2) is 18.1 Å². The Bertz CT molecular complexity index is 843. The van der Waals surface area contributed by atoms with Crippen LogP contribution in [0, 0.1) is 0 Å². The first-order chi connectivity index (χ1) is 11.6. The standard InChI is InChI=1S/C16H18N4O3S/c21-16(14-3-1-6-17-15(14)20-8-2-7-18-20)19-11-9-12-4-5-13(10-11)24(12,22)23/h1-3,6-8,11-13H,4-5,9-10H2,(H,19,21). The molecule has 0 aliphatic carbocycles. The van der Waals surface area contributed by atoms with Gasteiger partial charge in [-0.1, -0.05) is 0 Å². The molecule has 2 saturated heterocycles. The molecule has 126 valence electrons. The van der Waals surface area contributed by atoms with Crippen molar-refractivity contribution in [3.8, 4) is 5.82 Å². The number of hydrogen-bond donors (Lipinski definition) is 1. The van der Waals surface area contributed by atoms with Crippen LogP contribution in [-0.2, 0) is 9.84 Å². The Morgan fingerprint density at radius 3 is 2.58 bits per heavy atom. The van der Waals surface area contributed by atoms with Crippen molar-refractivity contribution in [1.29, 1.82) is 0 Å². The normalized spacial score (nSPS) is 27.8. The summed E-state index contributed by atoms with van der Waals surface area (Å²) >= 11 is 0. The predicted molar refractivity (Wildman–Crippen MR) is 87.6 cm³/mol. The molecule has 2 aliphatic heterocycles. The highest BCUT2D eigenvalue weighted by molar-refractivity contribution is 7.93. The molecule has 2 atom stereocenters. The molecule has 2 aromatic heterocycles. The highest BCUT2D eigenvalue weighted by Crippen LogP contribution is 2.38. The van der Waals surface area contributed by atoms with Gasteiger partial charge in [0, 0.05) is 24.6 Å². The lowest BCUT2D eigenvalue weighted by atomic mass is 10.1. The third-order valence-electron chi connectivity index (χ3n) is 4.92. The summed E-state index contributed by atoms with van der Waals surface area (Å²) in [6, 6.07) is 5.06. The molecule has 2 fully saturated rings. The monoisotopic (exact) mass is 346 g/mol. The minimum absolute atomic E-state index is 0.107. The molecule has 2 aromatic rings. The molecule has 2 unspecified atom stereocenters. The van der Waals surface area contributed by atoms with Gasteiger partial charge in [-0.3, -0.25) is 4.79 Å². The summed E-state index contributed by atoms with van der Waals surface area (Å²) < 4.78 is 25.8. The molecule has 2 bridgehead atoms. The first kappa shape index (κ1) is 15.3. The van der Waals surface area contributed by atoms with Crippen molar-refractivity contribution >= 4 is 15.7 Å². The molecular formula is C16H18N4O3S. The smallest absolute Gasteiger partial charge is 0.255 e. The Kier molecular flexibility index (Phi) is 3.64. The Hall–Kier alpha value is -2.22. The molecule has 1 amide bonds. The van der Waals surface area contributed by atoms with Crippen LogP contribution in [0.1, 0.15) is 36.0 Å². The number of nitrogens with one attached hydrogen (secondary N) is 1. The third kappa shape index (κ3) is 2.50. The second-order valence-electron chi connectivity index (χ2n) is 6.38. The van der Waals surface area contributed by atoms with E-state index in [2.05, 4.69) is 15.4 Å². The minimum Gasteiger partial charge on any atom is -0.349 e. The SMILES string of the molecule is O=C(NC1CC2CCC(C1)S2(=O)=O)c1cccnc1-n1cccn1. The molecule has 4 heterocycles. The zero-order chi connectivity index (χ0) is 16.7. The van der Waals surface area contributed by atoms with E-state index < -0.39 is 9.84 Å². The van der Waals surface area contributed by atoms with E-state index >= 15 is 0 Å². The summed E-state index contributed by atoms with van der Waals surface area (Å²) in [5.41, 5.74) is 0.432. The Labute approximate surface area is 140 Å². The number of hydrogen-bond acceptors (Lipinski definition) is 5. The van der Waals surface area contributed by atoms with Gasteiger partial charge in [0.2, 0.25) is 0 Å². The number of rotatable bonds is 3. The van der Waals surface area contributed by atoms with E-state index in [1.165, 1.54) is 0 Å². The lowest BCUT2D eigenvalue weighted by Gasteiger charge is -2.28. The molecule has 0 radical (unpaired) electrons. The van der Waals surface area contributed by atoms with E-state index in [9.17, 15) is 13.2 Å². The van der Waals surface area contributed by atoms with Crippen LogP contribution in [0.5, 0.6) is 0 Å². The Balaban J connectivity index is 1.54. The number of amides is 1. The fourth-order valence-electron chi connectivity index (χ4n) is 3.74. The van der Waals surface area contributed by atoms with Crippen molar-refractivity contribution in [2.45, 2.75) is 42.2 Å². The number of aromatic nitrogens is 3. The molecule has 0 spiro atoms. The van der Waals surface area contributed by atoms with E-state index in [0.29, 0.717) is 37.1 Å². The van der Waals surface area contributed by atoms with Crippen molar-refractivity contribution in [3.05, 3.63) is 42.4 Å². The van der Waals surface area contributed by atoms with Crippen molar-refractivity contribution < 1.29 is 13.2 Å². The zero-order valence-corrected chi connectivity index (χ0v) is 13.8. The van der Waals surface area contributed by atoms with E-state index in [1.54, 1.807) is 41.5 Å². The first-order valence-corrected chi connectivity index (χ1v) is 9.65. The largest absolute Gasteiger partial charge is 0.349 e. The Morgan fingerprint density at radius 1 is 1.17 bits per heavy atom. The van der Waals surface area contributed by atoms with Crippen molar-refractivity contribution in [1.82, 2.24) is 20.1 Å². The second kappa shape index (κ2) is 5.70. The van der Waals surface area contributed by atoms with Crippen molar-refractivity contribution in [2.24, 2.45) is 0 Å². The molecule has 2 aliphatic rings. The topological polar surface area (TPSA) is 94.0 Å². The molecule has 24 heavy (non-hydrogen) atoms. The van der Waals surface area contributed by atoms with Gasteiger partial charge >= 0.3 is 0 Å². The molecule has 0 aromatic carbocycles.